The van der Waals surface area contributed by atoms with Crippen LogP contribution in [0.25, 0.3) is 11.1 Å². The van der Waals surface area contributed by atoms with Crippen LogP contribution in [0.15, 0.2) is 52.6 Å². The van der Waals surface area contributed by atoms with Gasteiger partial charge in [0.2, 0.25) is 0 Å². The SMILES string of the molecule is CNC(=O)c1nn(CC2(n3cc(-c4cncnc4)c4c3N=CC3=CC34)CCCC2)cc(O)c1=O. The molecule has 0 radical (unpaired) electrons. The van der Waals surface area contributed by atoms with Crippen molar-refractivity contribution in [2.75, 3.05) is 7.05 Å². The van der Waals surface area contributed by atoms with Crippen molar-refractivity contribution in [3.63, 3.8) is 0 Å². The number of fused-ring (bicyclic) bond motifs is 3. The van der Waals surface area contributed by atoms with Gasteiger partial charge in [-0.3, -0.25) is 14.3 Å². The van der Waals surface area contributed by atoms with Crippen LogP contribution >= 0.6 is 0 Å². The summed E-state index contributed by atoms with van der Waals surface area (Å²) in [5, 5.41) is 16.9. The van der Waals surface area contributed by atoms with E-state index in [1.54, 1.807) is 0 Å². The minimum absolute atomic E-state index is 0.247. The fourth-order valence-corrected chi connectivity index (χ4v) is 5.31. The van der Waals surface area contributed by atoms with Gasteiger partial charge in [0.15, 0.2) is 11.4 Å². The Bertz CT molecular complexity index is 1430. The van der Waals surface area contributed by atoms with E-state index in [1.807, 2.05) is 18.6 Å². The first kappa shape index (κ1) is 20.5. The minimum Gasteiger partial charge on any atom is -0.503 e. The summed E-state index contributed by atoms with van der Waals surface area (Å²) in [5.41, 5.74) is 2.87. The van der Waals surface area contributed by atoms with E-state index in [4.69, 9.17) is 4.99 Å². The van der Waals surface area contributed by atoms with Crippen LogP contribution in [0.2, 0.25) is 0 Å². The standard InChI is InChI=1S/C24H23N7O3/c1-25-23(34)20-21(33)18(32)11-30(29-20)12-24(4-2-3-5-24)31-10-17(15-7-26-13-27-8-15)19-16-6-14(16)9-28-22(19)31/h6-11,13,16,32H,2-5,12H2,1H3,(H,25,34). The number of carbonyl (C=O) groups excluding carboxylic acids is 1. The molecular formula is C24H23N7O3. The number of amides is 1. The molecule has 1 amide bonds. The molecule has 10 nitrogen and oxygen atoms in total. The van der Waals surface area contributed by atoms with Crippen LogP contribution in [0.4, 0.5) is 5.82 Å². The molecule has 172 valence electrons. The van der Waals surface area contributed by atoms with Gasteiger partial charge in [0.05, 0.1) is 18.3 Å². The smallest absolute Gasteiger partial charge is 0.275 e. The van der Waals surface area contributed by atoms with Crippen LogP contribution in [-0.4, -0.2) is 48.6 Å². The monoisotopic (exact) mass is 457 g/mol. The van der Waals surface area contributed by atoms with E-state index < -0.39 is 17.1 Å². The Balaban J connectivity index is 1.49. The number of rotatable bonds is 5. The van der Waals surface area contributed by atoms with Gasteiger partial charge in [0, 0.05) is 54.5 Å². The van der Waals surface area contributed by atoms with E-state index in [9.17, 15) is 14.7 Å². The Kier molecular flexibility index (Phi) is 4.51. The van der Waals surface area contributed by atoms with Crippen molar-refractivity contribution in [1.82, 2.24) is 29.6 Å². The van der Waals surface area contributed by atoms with Crippen molar-refractivity contribution in [2.24, 2.45) is 4.99 Å². The van der Waals surface area contributed by atoms with Gasteiger partial charge in [-0.1, -0.05) is 18.9 Å². The summed E-state index contributed by atoms with van der Waals surface area (Å²) >= 11 is 0. The van der Waals surface area contributed by atoms with Gasteiger partial charge in [-0.25, -0.2) is 15.0 Å². The van der Waals surface area contributed by atoms with Crippen LogP contribution in [0.3, 0.4) is 0 Å². The van der Waals surface area contributed by atoms with Gasteiger partial charge in [0.25, 0.3) is 11.3 Å². The molecule has 6 rings (SSSR count). The molecule has 3 aromatic heterocycles. The molecule has 34 heavy (non-hydrogen) atoms. The van der Waals surface area contributed by atoms with Crippen molar-refractivity contribution in [2.45, 2.75) is 43.7 Å². The Morgan fingerprint density at radius 2 is 2.00 bits per heavy atom. The van der Waals surface area contributed by atoms with E-state index >= 15 is 0 Å². The van der Waals surface area contributed by atoms with Gasteiger partial charge < -0.3 is 15.0 Å². The quantitative estimate of drug-likeness (QED) is 0.605. The highest BCUT2D eigenvalue weighted by Crippen LogP contribution is 2.54. The van der Waals surface area contributed by atoms with Crippen molar-refractivity contribution in [1.29, 1.82) is 0 Å². The molecule has 0 spiro atoms. The summed E-state index contributed by atoms with van der Waals surface area (Å²) in [5.74, 6) is 0.0249. The fraction of sp³-hybridized carbons (Fsp3) is 0.333. The molecule has 10 heteroatoms. The average Bonchev–Trinajstić information content (AvgIpc) is 3.32. The number of carbonyl (C=O) groups is 1. The first-order valence-corrected chi connectivity index (χ1v) is 11.3. The van der Waals surface area contributed by atoms with Crippen molar-refractivity contribution >= 4 is 17.9 Å². The number of hydrogen-bond acceptors (Lipinski definition) is 7. The Labute approximate surface area is 194 Å². The first-order chi connectivity index (χ1) is 16.5. The van der Waals surface area contributed by atoms with E-state index in [2.05, 4.69) is 37.2 Å². The summed E-state index contributed by atoms with van der Waals surface area (Å²) in [7, 11) is 1.43. The highest BCUT2D eigenvalue weighted by atomic mass is 16.3. The molecule has 0 saturated heterocycles. The van der Waals surface area contributed by atoms with Crippen LogP contribution in [0.1, 0.15) is 47.7 Å². The molecule has 0 aromatic carbocycles. The molecule has 4 heterocycles. The molecule has 1 aliphatic heterocycles. The maximum Gasteiger partial charge on any atom is 0.275 e. The lowest BCUT2D eigenvalue weighted by Gasteiger charge is -2.33. The lowest BCUT2D eigenvalue weighted by atomic mass is 9.96. The Morgan fingerprint density at radius 3 is 2.74 bits per heavy atom. The highest BCUT2D eigenvalue weighted by molar-refractivity contribution is 5.96. The Hall–Kier alpha value is -4.08. The van der Waals surface area contributed by atoms with Gasteiger partial charge in [0.1, 0.15) is 12.1 Å². The zero-order valence-corrected chi connectivity index (χ0v) is 18.6. The second kappa shape index (κ2) is 7.47. The Morgan fingerprint density at radius 1 is 1.24 bits per heavy atom. The molecule has 3 aliphatic rings. The van der Waals surface area contributed by atoms with Crippen LogP contribution in [-0.2, 0) is 12.1 Å². The van der Waals surface area contributed by atoms with Crippen molar-refractivity contribution in [3.8, 4) is 16.9 Å². The predicted octanol–water partition coefficient (Wildman–Crippen LogP) is 2.28. The molecule has 2 N–H and O–H groups in total. The number of nitrogens with zero attached hydrogens (tertiary/aromatic N) is 6. The topological polar surface area (TPSA) is 127 Å². The first-order valence-electron chi connectivity index (χ1n) is 11.3. The summed E-state index contributed by atoms with van der Waals surface area (Å²) in [6, 6.07) is 0. The van der Waals surface area contributed by atoms with Gasteiger partial charge in [-0.15, -0.1) is 0 Å². The third-order valence-corrected chi connectivity index (χ3v) is 7.04. The minimum atomic E-state index is -0.780. The molecule has 0 bridgehead atoms. The molecule has 3 aromatic rings. The van der Waals surface area contributed by atoms with E-state index in [0.29, 0.717) is 6.54 Å². The van der Waals surface area contributed by atoms with Crippen LogP contribution in [0, 0.1) is 0 Å². The molecule has 2 aliphatic carbocycles. The highest BCUT2D eigenvalue weighted by Gasteiger charge is 2.43. The summed E-state index contributed by atoms with van der Waals surface area (Å²) in [6.07, 6.45) is 16.5. The van der Waals surface area contributed by atoms with Gasteiger partial charge >= 0.3 is 0 Å². The van der Waals surface area contributed by atoms with E-state index in [0.717, 1.165) is 48.2 Å². The van der Waals surface area contributed by atoms with Crippen molar-refractivity contribution < 1.29 is 9.90 Å². The number of aliphatic imine (C=N–C) groups is 1. The molecule has 1 fully saturated rings. The van der Waals surface area contributed by atoms with E-state index in [-0.39, 0.29) is 17.2 Å². The summed E-state index contributed by atoms with van der Waals surface area (Å²) in [4.78, 5) is 37.7. The zero-order valence-electron chi connectivity index (χ0n) is 18.6. The number of allylic oxidation sites excluding steroid dienone is 2. The second-order valence-electron chi connectivity index (χ2n) is 9.08. The third-order valence-electron chi connectivity index (χ3n) is 7.04. The van der Waals surface area contributed by atoms with E-state index in [1.165, 1.54) is 29.8 Å². The molecule has 1 saturated carbocycles. The molecular weight excluding hydrogens is 434 g/mol. The van der Waals surface area contributed by atoms with Crippen LogP contribution in [0.5, 0.6) is 5.75 Å². The van der Waals surface area contributed by atoms with Crippen LogP contribution < -0.4 is 10.7 Å². The molecule has 1 atom stereocenters. The number of nitrogens with one attached hydrogen (secondary N) is 1. The molecule has 1 unspecified atom stereocenters. The largest absolute Gasteiger partial charge is 0.503 e. The maximum absolute atomic E-state index is 12.3. The fourth-order valence-electron chi connectivity index (χ4n) is 5.31. The summed E-state index contributed by atoms with van der Waals surface area (Å²) < 4.78 is 3.74. The normalized spacial score (nSPS) is 19.3. The van der Waals surface area contributed by atoms with Crippen molar-refractivity contribution in [3.05, 3.63) is 64.2 Å². The lowest BCUT2D eigenvalue weighted by Crippen LogP contribution is -2.37. The lowest BCUT2D eigenvalue weighted by molar-refractivity contribution is 0.0952. The predicted molar refractivity (Wildman–Crippen MR) is 124 cm³/mol. The van der Waals surface area contributed by atoms with Gasteiger partial charge in [-0.05, 0) is 18.4 Å². The third kappa shape index (κ3) is 3.09. The second-order valence-corrected chi connectivity index (χ2v) is 9.08. The van der Waals surface area contributed by atoms with Gasteiger partial charge in [-0.2, -0.15) is 5.10 Å². The number of aromatic hydroxyl groups is 1. The number of aromatic nitrogens is 5. The average molecular weight is 457 g/mol. The zero-order chi connectivity index (χ0) is 23.4. The maximum atomic E-state index is 12.3. The number of hydrogen-bond donors (Lipinski definition) is 2. The summed E-state index contributed by atoms with van der Waals surface area (Å²) in [6.45, 7) is 0.386.